The number of hydrogen-bond donors (Lipinski definition) is 2. The predicted octanol–water partition coefficient (Wildman–Crippen LogP) is -0.933. The fourth-order valence-corrected chi connectivity index (χ4v) is 2.63. The molecule has 2 N–H and O–H groups in total. The first kappa shape index (κ1) is 13.1. The molecule has 20 heavy (non-hydrogen) atoms. The molecule has 8 nitrogen and oxygen atoms in total. The van der Waals surface area contributed by atoms with Gasteiger partial charge >= 0.3 is 5.69 Å². The summed E-state index contributed by atoms with van der Waals surface area (Å²) in [6.45, 7) is 2.48. The molecule has 1 unspecified atom stereocenters. The molecule has 3 rings (SSSR count). The van der Waals surface area contributed by atoms with E-state index in [1.807, 2.05) is 4.57 Å². The number of rotatable bonds is 4. The first-order chi connectivity index (χ1) is 9.72. The van der Waals surface area contributed by atoms with Gasteiger partial charge in [0.1, 0.15) is 0 Å². The van der Waals surface area contributed by atoms with Gasteiger partial charge in [-0.15, -0.1) is 0 Å². The molecule has 8 heteroatoms. The van der Waals surface area contributed by atoms with Gasteiger partial charge in [0, 0.05) is 19.7 Å². The van der Waals surface area contributed by atoms with E-state index in [4.69, 9.17) is 4.74 Å². The third-order valence-electron chi connectivity index (χ3n) is 3.66. The van der Waals surface area contributed by atoms with Crippen molar-refractivity contribution in [3.63, 3.8) is 0 Å². The molecule has 1 aliphatic heterocycles. The fraction of sp³-hybridized carbons (Fsp3) is 0.583. The maximum atomic E-state index is 12.1. The van der Waals surface area contributed by atoms with Crippen LogP contribution in [-0.4, -0.2) is 45.9 Å². The SMILES string of the molecule is COCCn1c(=O)[nH]c(=O)c2c1ncn2C1CCNC1. The Bertz CT molecular complexity index is 723. The molecule has 0 saturated carbocycles. The molecular formula is C12H17N5O3. The first-order valence-electron chi connectivity index (χ1n) is 6.61. The average Bonchev–Trinajstić information content (AvgIpc) is 3.07. The molecule has 1 atom stereocenters. The van der Waals surface area contributed by atoms with E-state index in [1.165, 1.54) is 4.57 Å². The van der Waals surface area contributed by atoms with Crippen LogP contribution in [0.2, 0.25) is 0 Å². The van der Waals surface area contributed by atoms with Crippen LogP contribution in [0.3, 0.4) is 0 Å². The van der Waals surface area contributed by atoms with Gasteiger partial charge < -0.3 is 14.6 Å². The van der Waals surface area contributed by atoms with Crippen molar-refractivity contribution in [2.45, 2.75) is 19.0 Å². The lowest BCUT2D eigenvalue weighted by atomic mass is 10.2. The van der Waals surface area contributed by atoms with Crippen LogP contribution in [-0.2, 0) is 11.3 Å². The smallest absolute Gasteiger partial charge is 0.330 e. The standard InChI is InChI=1S/C12H17N5O3/c1-20-5-4-16-10-9(11(18)15-12(16)19)17(7-14-10)8-2-3-13-6-8/h7-8,13H,2-6H2,1H3,(H,15,18,19). The summed E-state index contributed by atoms with van der Waals surface area (Å²) >= 11 is 0. The van der Waals surface area contributed by atoms with Crippen molar-refractivity contribution in [1.29, 1.82) is 0 Å². The molecule has 1 saturated heterocycles. The van der Waals surface area contributed by atoms with Crippen LogP contribution in [0.25, 0.3) is 11.2 Å². The van der Waals surface area contributed by atoms with Gasteiger partial charge in [0.2, 0.25) is 0 Å². The van der Waals surface area contributed by atoms with Gasteiger partial charge in [0.15, 0.2) is 11.2 Å². The van der Waals surface area contributed by atoms with E-state index in [2.05, 4.69) is 15.3 Å². The van der Waals surface area contributed by atoms with E-state index in [-0.39, 0.29) is 11.6 Å². The first-order valence-corrected chi connectivity index (χ1v) is 6.61. The van der Waals surface area contributed by atoms with Gasteiger partial charge in [-0.2, -0.15) is 0 Å². The molecule has 1 fully saturated rings. The highest BCUT2D eigenvalue weighted by molar-refractivity contribution is 5.70. The van der Waals surface area contributed by atoms with Gasteiger partial charge in [-0.1, -0.05) is 0 Å². The van der Waals surface area contributed by atoms with Gasteiger partial charge in [-0.25, -0.2) is 9.78 Å². The van der Waals surface area contributed by atoms with Gasteiger partial charge in [-0.05, 0) is 13.0 Å². The molecule has 0 radical (unpaired) electrons. The van der Waals surface area contributed by atoms with Crippen molar-refractivity contribution in [1.82, 2.24) is 24.4 Å². The third kappa shape index (κ3) is 2.06. The van der Waals surface area contributed by atoms with Crippen LogP contribution in [0.4, 0.5) is 0 Å². The Hall–Kier alpha value is -1.93. The number of ether oxygens (including phenoxy) is 1. The van der Waals surface area contributed by atoms with Crippen molar-refractivity contribution >= 4 is 11.2 Å². The van der Waals surface area contributed by atoms with E-state index in [1.54, 1.807) is 13.4 Å². The summed E-state index contributed by atoms with van der Waals surface area (Å²) in [6, 6.07) is 0.203. The van der Waals surface area contributed by atoms with Gasteiger partial charge in [0.25, 0.3) is 5.56 Å². The summed E-state index contributed by atoms with van der Waals surface area (Å²) in [5.41, 5.74) is 0.0366. The Kier molecular flexibility index (Phi) is 3.41. The molecule has 0 spiro atoms. The molecule has 0 aliphatic carbocycles. The summed E-state index contributed by atoms with van der Waals surface area (Å²) < 4.78 is 8.29. The number of H-pyrrole nitrogens is 1. The Balaban J connectivity index is 2.16. The molecular weight excluding hydrogens is 262 g/mol. The predicted molar refractivity (Wildman–Crippen MR) is 73.0 cm³/mol. The number of methoxy groups -OCH3 is 1. The topological polar surface area (TPSA) is 93.9 Å². The molecule has 1 aliphatic rings. The average molecular weight is 279 g/mol. The van der Waals surface area contributed by atoms with Crippen molar-refractivity contribution in [2.24, 2.45) is 0 Å². The second kappa shape index (κ2) is 5.22. The zero-order chi connectivity index (χ0) is 14.1. The van der Waals surface area contributed by atoms with Crippen LogP contribution < -0.4 is 16.6 Å². The van der Waals surface area contributed by atoms with E-state index in [0.717, 1.165) is 19.5 Å². The van der Waals surface area contributed by atoms with Crippen molar-refractivity contribution in [3.05, 3.63) is 27.2 Å². The molecule has 2 aromatic rings. The van der Waals surface area contributed by atoms with Crippen LogP contribution in [0.5, 0.6) is 0 Å². The number of aromatic nitrogens is 4. The molecule has 0 bridgehead atoms. The van der Waals surface area contributed by atoms with Gasteiger partial charge in [0.05, 0.1) is 19.5 Å². The summed E-state index contributed by atoms with van der Waals surface area (Å²) in [5.74, 6) is 0. The van der Waals surface area contributed by atoms with Crippen LogP contribution >= 0.6 is 0 Å². The van der Waals surface area contributed by atoms with Crippen molar-refractivity contribution in [3.8, 4) is 0 Å². The second-order valence-electron chi connectivity index (χ2n) is 4.87. The third-order valence-corrected chi connectivity index (χ3v) is 3.66. The minimum Gasteiger partial charge on any atom is -0.383 e. The number of nitrogens with one attached hydrogen (secondary N) is 2. The second-order valence-corrected chi connectivity index (χ2v) is 4.87. The molecule has 0 amide bonds. The quantitative estimate of drug-likeness (QED) is 0.754. The van der Waals surface area contributed by atoms with Crippen LogP contribution in [0, 0.1) is 0 Å². The Morgan fingerprint density at radius 1 is 1.50 bits per heavy atom. The van der Waals surface area contributed by atoms with Crippen LogP contribution in [0.15, 0.2) is 15.9 Å². The number of hydrogen-bond acceptors (Lipinski definition) is 5. The molecule has 0 aromatic carbocycles. The maximum absolute atomic E-state index is 12.1. The lowest BCUT2D eigenvalue weighted by molar-refractivity contribution is 0.187. The largest absolute Gasteiger partial charge is 0.383 e. The van der Waals surface area contributed by atoms with Gasteiger partial charge in [-0.3, -0.25) is 14.3 Å². The Morgan fingerprint density at radius 3 is 3.05 bits per heavy atom. The highest BCUT2D eigenvalue weighted by Gasteiger charge is 2.21. The lowest BCUT2D eigenvalue weighted by Crippen LogP contribution is -2.32. The van der Waals surface area contributed by atoms with E-state index < -0.39 is 5.69 Å². The Labute approximate surface area is 114 Å². The molecule has 3 heterocycles. The lowest BCUT2D eigenvalue weighted by Gasteiger charge is -2.11. The number of aromatic amines is 1. The monoisotopic (exact) mass is 279 g/mol. The minimum atomic E-state index is -0.450. The van der Waals surface area contributed by atoms with E-state index in [0.29, 0.717) is 24.3 Å². The highest BCUT2D eigenvalue weighted by Crippen LogP contribution is 2.18. The molecule has 108 valence electrons. The van der Waals surface area contributed by atoms with Crippen molar-refractivity contribution < 1.29 is 4.74 Å². The summed E-state index contributed by atoms with van der Waals surface area (Å²) in [4.78, 5) is 30.6. The summed E-state index contributed by atoms with van der Waals surface area (Å²) in [7, 11) is 1.57. The number of imidazole rings is 1. The number of fused-ring (bicyclic) bond motifs is 1. The zero-order valence-electron chi connectivity index (χ0n) is 11.3. The summed E-state index contributed by atoms with van der Waals surface area (Å²) in [5, 5.41) is 3.26. The normalized spacial score (nSPS) is 18.9. The fourth-order valence-electron chi connectivity index (χ4n) is 2.63. The zero-order valence-corrected chi connectivity index (χ0v) is 11.3. The molecule has 2 aromatic heterocycles. The van der Waals surface area contributed by atoms with Crippen molar-refractivity contribution in [2.75, 3.05) is 26.8 Å². The highest BCUT2D eigenvalue weighted by atomic mass is 16.5. The summed E-state index contributed by atoms with van der Waals surface area (Å²) in [6.07, 6.45) is 2.59. The maximum Gasteiger partial charge on any atom is 0.330 e. The number of nitrogens with zero attached hydrogens (tertiary/aromatic N) is 3. The Morgan fingerprint density at radius 2 is 2.35 bits per heavy atom. The van der Waals surface area contributed by atoms with Crippen LogP contribution in [0.1, 0.15) is 12.5 Å². The minimum absolute atomic E-state index is 0.203. The van der Waals surface area contributed by atoms with E-state index in [9.17, 15) is 9.59 Å². The van der Waals surface area contributed by atoms with E-state index >= 15 is 0 Å².